The van der Waals surface area contributed by atoms with Crippen LogP contribution in [0.1, 0.15) is 42.4 Å². The average Bonchev–Trinajstić information content (AvgIpc) is 2.64. The number of nitrogens with one attached hydrogen (secondary N) is 2. The minimum Gasteiger partial charge on any atom is -0.339 e. The Balaban J connectivity index is 1.72. The number of aromatic nitrogens is 2. The summed E-state index contributed by atoms with van der Waals surface area (Å²) in [5.41, 5.74) is 4.17. The predicted octanol–water partition coefficient (Wildman–Crippen LogP) is 5.08. The number of amides is 1. The van der Waals surface area contributed by atoms with Gasteiger partial charge in [0.25, 0.3) is 5.91 Å². The molecule has 2 N–H and O–H groups in total. The van der Waals surface area contributed by atoms with Crippen LogP contribution in [0.5, 0.6) is 0 Å². The second-order valence-electron chi connectivity index (χ2n) is 7.53. The summed E-state index contributed by atoms with van der Waals surface area (Å²) in [6.07, 6.45) is 3.04. The van der Waals surface area contributed by atoms with Crippen LogP contribution in [0.3, 0.4) is 0 Å². The Kier molecular flexibility index (Phi) is 5.21. The molecular formula is C22H24N4O. The van der Waals surface area contributed by atoms with Gasteiger partial charge < -0.3 is 10.6 Å². The zero-order valence-electron chi connectivity index (χ0n) is 16.1. The molecule has 0 aliphatic rings. The van der Waals surface area contributed by atoms with Crippen molar-refractivity contribution in [1.29, 1.82) is 0 Å². The minimum atomic E-state index is -0.277. The summed E-state index contributed by atoms with van der Waals surface area (Å²) >= 11 is 0. The van der Waals surface area contributed by atoms with E-state index in [2.05, 4.69) is 41.4 Å². The number of hydrogen-bond acceptors (Lipinski definition) is 4. The Morgan fingerprint density at radius 3 is 2.26 bits per heavy atom. The van der Waals surface area contributed by atoms with Crippen LogP contribution in [0.2, 0.25) is 0 Å². The summed E-state index contributed by atoms with van der Waals surface area (Å²) in [7, 11) is 0. The van der Waals surface area contributed by atoms with E-state index in [-0.39, 0.29) is 17.0 Å². The topological polar surface area (TPSA) is 66.9 Å². The van der Waals surface area contributed by atoms with Crippen LogP contribution in [-0.4, -0.2) is 15.9 Å². The first kappa shape index (κ1) is 18.6. The number of carbonyl (C=O) groups is 1. The summed E-state index contributed by atoms with van der Waals surface area (Å²) in [6.45, 7) is 8.38. The van der Waals surface area contributed by atoms with Crippen molar-refractivity contribution in [3.8, 4) is 0 Å². The van der Waals surface area contributed by atoms with Gasteiger partial charge in [0.05, 0.1) is 12.4 Å². The largest absolute Gasteiger partial charge is 0.339 e. The van der Waals surface area contributed by atoms with Crippen molar-refractivity contribution in [3.63, 3.8) is 0 Å². The van der Waals surface area contributed by atoms with E-state index in [9.17, 15) is 4.79 Å². The van der Waals surface area contributed by atoms with Gasteiger partial charge in [-0.2, -0.15) is 0 Å². The molecule has 3 rings (SSSR count). The summed E-state index contributed by atoms with van der Waals surface area (Å²) in [5, 5.41) is 6.12. The fraction of sp³-hybridized carbons (Fsp3) is 0.227. The molecule has 27 heavy (non-hydrogen) atoms. The molecule has 0 spiro atoms. The summed E-state index contributed by atoms with van der Waals surface area (Å²) in [5.74, 6) is 0.312. The number of para-hydroxylation sites is 1. The van der Waals surface area contributed by atoms with E-state index >= 15 is 0 Å². The predicted molar refractivity (Wildman–Crippen MR) is 110 cm³/mol. The lowest BCUT2D eigenvalue weighted by Crippen LogP contribution is -2.19. The van der Waals surface area contributed by atoms with E-state index in [1.807, 2.05) is 55.5 Å². The van der Waals surface area contributed by atoms with E-state index in [1.165, 1.54) is 11.8 Å². The molecule has 1 aromatic heterocycles. The van der Waals surface area contributed by atoms with Crippen LogP contribution in [0.4, 0.5) is 17.2 Å². The highest BCUT2D eigenvalue weighted by atomic mass is 16.1. The van der Waals surface area contributed by atoms with Gasteiger partial charge in [-0.25, -0.2) is 9.97 Å². The van der Waals surface area contributed by atoms with Crippen LogP contribution in [0, 0.1) is 6.92 Å². The van der Waals surface area contributed by atoms with Gasteiger partial charge in [0, 0.05) is 11.4 Å². The van der Waals surface area contributed by atoms with Gasteiger partial charge in [-0.1, -0.05) is 56.7 Å². The standard InChI is InChI=1S/C22H24N4O/c1-15-9-11-16(12-10-15)25-20-14-23-19(13-24-20)21(27)26-18-8-6-5-7-17(18)22(2,3)4/h5-14H,1-4H3,(H,24,25)(H,26,27). The van der Waals surface area contributed by atoms with Crippen molar-refractivity contribution >= 4 is 23.1 Å². The maximum absolute atomic E-state index is 12.6. The van der Waals surface area contributed by atoms with Gasteiger partial charge >= 0.3 is 0 Å². The van der Waals surface area contributed by atoms with Crippen LogP contribution >= 0.6 is 0 Å². The maximum atomic E-state index is 12.6. The lowest BCUT2D eigenvalue weighted by molar-refractivity contribution is 0.102. The number of benzene rings is 2. The molecule has 2 aromatic carbocycles. The molecule has 0 saturated carbocycles. The first-order valence-electron chi connectivity index (χ1n) is 8.89. The number of rotatable bonds is 4. The Morgan fingerprint density at radius 2 is 1.63 bits per heavy atom. The summed E-state index contributed by atoms with van der Waals surface area (Å²) < 4.78 is 0. The molecule has 0 atom stereocenters. The van der Waals surface area contributed by atoms with Gasteiger partial charge in [0.15, 0.2) is 0 Å². The maximum Gasteiger partial charge on any atom is 0.275 e. The lowest BCUT2D eigenvalue weighted by atomic mass is 9.86. The average molecular weight is 360 g/mol. The molecule has 0 bridgehead atoms. The molecule has 0 aliphatic carbocycles. The molecule has 0 saturated heterocycles. The molecule has 1 amide bonds. The Morgan fingerprint density at radius 1 is 0.926 bits per heavy atom. The van der Waals surface area contributed by atoms with Gasteiger partial charge in [0.2, 0.25) is 0 Å². The molecule has 138 valence electrons. The number of hydrogen-bond donors (Lipinski definition) is 2. The third-order valence-corrected chi connectivity index (χ3v) is 4.19. The molecule has 0 fully saturated rings. The molecule has 0 aliphatic heterocycles. The highest BCUT2D eigenvalue weighted by molar-refractivity contribution is 6.03. The van der Waals surface area contributed by atoms with Crippen LogP contribution in [0.15, 0.2) is 60.9 Å². The van der Waals surface area contributed by atoms with E-state index < -0.39 is 0 Å². The van der Waals surface area contributed by atoms with Crippen LogP contribution in [-0.2, 0) is 5.41 Å². The van der Waals surface area contributed by atoms with Gasteiger partial charge in [0.1, 0.15) is 11.5 Å². The van der Waals surface area contributed by atoms with Crippen molar-refractivity contribution in [2.45, 2.75) is 33.1 Å². The minimum absolute atomic E-state index is 0.0721. The van der Waals surface area contributed by atoms with E-state index in [0.29, 0.717) is 5.82 Å². The van der Waals surface area contributed by atoms with Crippen molar-refractivity contribution < 1.29 is 4.79 Å². The highest BCUT2D eigenvalue weighted by Gasteiger charge is 2.19. The molecule has 3 aromatic rings. The first-order valence-corrected chi connectivity index (χ1v) is 8.89. The molecule has 5 nitrogen and oxygen atoms in total. The monoisotopic (exact) mass is 360 g/mol. The molecular weight excluding hydrogens is 336 g/mol. The highest BCUT2D eigenvalue weighted by Crippen LogP contribution is 2.29. The second-order valence-corrected chi connectivity index (χ2v) is 7.53. The van der Waals surface area contributed by atoms with Crippen molar-refractivity contribution in [2.24, 2.45) is 0 Å². The smallest absolute Gasteiger partial charge is 0.275 e. The Hall–Kier alpha value is -3.21. The summed E-state index contributed by atoms with van der Waals surface area (Å²) in [6, 6.07) is 15.8. The Bertz CT molecular complexity index is 926. The van der Waals surface area contributed by atoms with Crippen molar-refractivity contribution in [2.75, 3.05) is 10.6 Å². The molecule has 0 radical (unpaired) electrons. The number of nitrogens with zero attached hydrogens (tertiary/aromatic N) is 2. The third-order valence-electron chi connectivity index (χ3n) is 4.19. The SMILES string of the molecule is Cc1ccc(Nc2cnc(C(=O)Nc3ccccc3C(C)(C)C)cn2)cc1. The number of carbonyl (C=O) groups excluding carboxylic acids is 1. The normalized spacial score (nSPS) is 11.1. The number of anilines is 3. The summed E-state index contributed by atoms with van der Waals surface area (Å²) in [4.78, 5) is 21.1. The van der Waals surface area contributed by atoms with Gasteiger partial charge in [-0.05, 0) is 36.1 Å². The Labute approximate surface area is 159 Å². The molecule has 0 unspecified atom stereocenters. The third kappa shape index (κ3) is 4.70. The fourth-order valence-electron chi connectivity index (χ4n) is 2.73. The van der Waals surface area contributed by atoms with Crippen LogP contribution in [0.25, 0.3) is 0 Å². The zero-order chi connectivity index (χ0) is 19.4. The quantitative estimate of drug-likeness (QED) is 0.681. The van der Waals surface area contributed by atoms with E-state index in [1.54, 1.807) is 6.20 Å². The van der Waals surface area contributed by atoms with Gasteiger partial charge in [-0.15, -0.1) is 0 Å². The van der Waals surface area contributed by atoms with Crippen molar-refractivity contribution in [3.05, 3.63) is 77.7 Å². The molecule has 1 heterocycles. The van der Waals surface area contributed by atoms with Gasteiger partial charge in [-0.3, -0.25) is 4.79 Å². The van der Waals surface area contributed by atoms with E-state index in [0.717, 1.165) is 16.9 Å². The zero-order valence-corrected chi connectivity index (χ0v) is 16.1. The fourth-order valence-corrected chi connectivity index (χ4v) is 2.73. The lowest BCUT2D eigenvalue weighted by Gasteiger charge is -2.22. The first-order chi connectivity index (χ1) is 12.8. The molecule has 5 heteroatoms. The second kappa shape index (κ2) is 7.58. The number of aryl methyl sites for hydroxylation is 1. The van der Waals surface area contributed by atoms with Crippen LogP contribution < -0.4 is 10.6 Å². The van der Waals surface area contributed by atoms with E-state index in [4.69, 9.17) is 0 Å². The van der Waals surface area contributed by atoms with Crippen molar-refractivity contribution in [1.82, 2.24) is 9.97 Å².